The Morgan fingerprint density at radius 1 is 1.40 bits per heavy atom. The summed E-state index contributed by atoms with van der Waals surface area (Å²) in [5.41, 5.74) is 0.745. The zero-order valence-corrected chi connectivity index (χ0v) is 11.6. The lowest BCUT2D eigenvalue weighted by molar-refractivity contribution is 0.122. The molecule has 1 aliphatic rings. The highest BCUT2D eigenvalue weighted by atomic mass is 16.5. The Balaban J connectivity index is 1.69. The van der Waals surface area contributed by atoms with Gasteiger partial charge in [-0.05, 0) is 25.1 Å². The second-order valence-corrected chi connectivity index (χ2v) is 5.01. The molecule has 1 N–H and O–H groups in total. The van der Waals surface area contributed by atoms with Crippen molar-refractivity contribution in [3.63, 3.8) is 0 Å². The zero-order chi connectivity index (χ0) is 13.8. The van der Waals surface area contributed by atoms with Crippen LogP contribution in [0.4, 0.5) is 0 Å². The second-order valence-electron chi connectivity index (χ2n) is 5.01. The summed E-state index contributed by atoms with van der Waals surface area (Å²) in [4.78, 5) is 11.1. The summed E-state index contributed by atoms with van der Waals surface area (Å²) in [6, 6.07) is 6.26. The van der Waals surface area contributed by atoms with Gasteiger partial charge >= 0.3 is 0 Å². The van der Waals surface area contributed by atoms with Gasteiger partial charge in [0.25, 0.3) is 0 Å². The predicted octanol–water partition coefficient (Wildman–Crippen LogP) is 1.32. The lowest BCUT2D eigenvalue weighted by atomic mass is 10.1. The van der Waals surface area contributed by atoms with Gasteiger partial charge in [-0.25, -0.2) is 0 Å². The van der Waals surface area contributed by atoms with Crippen LogP contribution in [0.3, 0.4) is 0 Å². The molecule has 0 radical (unpaired) electrons. The molecule has 3 rings (SSSR count). The van der Waals surface area contributed by atoms with Crippen LogP contribution in [0, 0.1) is 0 Å². The van der Waals surface area contributed by atoms with Crippen molar-refractivity contribution in [1.29, 1.82) is 0 Å². The van der Waals surface area contributed by atoms with Gasteiger partial charge in [-0.1, -0.05) is 18.1 Å². The molecular weight excluding hydrogens is 254 g/mol. The Labute approximate surface area is 118 Å². The first-order valence-corrected chi connectivity index (χ1v) is 7.05. The maximum atomic E-state index is 5.35. The molecule has 3 heterocycles. The minimum Gasteiger partial charge on any atom is -0.337 e. The van der Waals surface area contributed by atoms with Crippen LogP contribution in [-0.4, -0.2) is 45.7 Å². The first-order valence-electron chi connectivity index (χ1n) is 7.05. The highest BCUT2D eigenvalue weighted by Gasteiger charge is 2.25. The van der Waals surface area contributed by atoms with Crippen LogP contribution < -0.4 is 5.32 Å². The van der Waals surface area contributed by atoms with E-state index in [2.05, 4.69) is 32.3 Å². The lowest BCUT2D eigenvalue weighted by Crippen LogP contribution is -2.57. The molecule has 1 fully saturated rings. The van der Waals surface area contributed by atoms with Gasteiger partial charge in [0, 0.05) is 25.3 Å². The molecule has 20 heavy (non-hydrogen) atoms. The summed E-state index contributed by atoms with van der Waals surface area (Å²) < 4.78 is 5.35. The number of pyridine rings is 1. The van der Waals surface area contributed by atoms with Crippen LogP contribution in [0.5, 0.6) is 0 Å². The van der Waals surface area contributed by atoms with E-state index in [4.69, 9.17) is 4.52 Å². The highest BCUT2D eigenvalue weighted by Crippen LogP contribution is 2.15. The summed E-state index contributed by atoms with van der Waals surface area (Å²) in [6.45, 7) is 6.03. The minimum atomic E-state index is 0.559. The van der Waals surface area contributed by atoms with Crippen LogP contribution in [0.2, 0.25) is 0 Å². The molecule has 6 nitrogen and oxygen atoms in total. The number of hydrogen-bond acceptors (Lipinski definition) is 6. The fourth-order valence-corrected chi connectivity index (χ4v) is 2.30. The van der Waals surface area contributed by atoms with Gasteiger partial charge in [-0.2, -0.15) is 4.98 Å². The molecule has 1 aliphatic heterocycles. The van der Waals surface area contributed by atoms with Crippen molar-refractivity contribution in [2.45, 2.75) is 25.9 Å². The molecule has 0 saturated carbocycles. The summed E-state index contributed by atoms with van der Waals surface area (Å²) in [5, 5.41) is 7.31. The maximum Gasteiger partial charge on any atom is 0.241 e. The average Bonchev–Trinajstić information content (AvgIpc) is 2.87. The van der Waals surface area contributed by atoms with Gasteiger partial charge in [0.05, 0.1) is 6.54 Å². The van der Waals surface area contributed by atoms with E-state index >= 15 is 0 Å². The monoisotopic (exact) mass is 273 g/mol. The Bertz CT molecular complexity index is 538. The third-order valence-corrected chi connectivity index (χ3v) is 3.49. The lowest BCUT2D eigenvalue weighted by Gasteiger charge is -2.37. The number of nitrogens with zero attached hydrogens (tertiary/aromatic N) is 4. The van der Waals surface area contributed by atoms with Crippen LogP contribution in [0.25, 0.3) is 11.5 Å². The van der Waals surface area contributed by atoms with E-state index in [0.29, 0.717) is 24.3 Å². The molecule has 0 bridgehead atoms. The molecule has 0 atom stereocenters. The minimum absolute atomic E-state index is 0.559. The second kappa shape index (κ2) is 6.11. The predicted molar refractivity (Wildman–Crippen MR) is 74.9 cm³/mol. The van der Waals surface area contributed by atoms with Crippen LogP contribution in [0.15, 0.2) is 28.9 Å². The Kier molecular flexibility index (Phi) is 4.03. The van der Waals surface area contributed by atoms with Crippen LogP contribution in [-0.2, 0) is 6.54 Å². The average molecular weight is 273 g/mol. The van der Waals surface area contributed by atoms with Crippen molar-refractivity contribution in [2.75, 3.05) is 19.6 Å². The van der Waals surface area contributed by atoms with E-state index < -0.39 is 0 Å². The standard InChI is InChI=1S/C14H19N5O/c1-2-7-19(11-8-15-9-11)10-13-17-14(18-20-13)12-5-3-4-6-16-12/h3-6,11,15H,2,7-10H2,1H3. The fraction of sp³-hybridized carbons (Fsp3) is 0.500. The number of aromatic nitrogens is 3. The molecule has 106 valence electrons. The summed E-state index contributed by atoms with van der Waals surface area (Å²) in [5.74, 6) is 1.22. The van der Waals surface area contributed by atoms with Crippen LogP contribution in [0.1, 0.15) is 19.2 Å². The fourth-order valence-electron chi connectivity index (χ4n) is 2.30. The SMILES string of the molecule is CCCN(Cc1nc(-c2ccccn2)no1)C1CNC1. The summed E-state index contributed by atoms with van der Waals surface area (Å²) in [6.07, 6.45) is 2.85. The molecular formula is C14H19N5O. The summed E-state index contributed by atoms with van der Waals surface area (Å²) in [7, 11) is 0. The normalized spacial score (nSPS) is 15.5. The molecule has 0 amide bonds. The van der Waals surface area contributed by atoms with E-state index in [9.17, 15) is 0 Å². The van der Waals surface area contributed by atoms with E-state index in [-0.39, 0.29) is 0 Å². The largest absolute Gasteiger partial charge is 0.337 e. The molecule has 2 aromatic heterocycles. The molecule has 0 spiro atoms. The van der Waals surface area contributed by atoms with Gasteiger partial charge in [0.1, 0.15) is 5.69 Å². The van der Waals surface area contributed by atoms with Crippen molar-refractivity contribution in [3.05, 3.63) is 30.3 Å². The van der Waals surface area contributed by atoms with Gasteiger partial charge in [-0.3, -0.25) is 9.88 Å². The third-order valence-electron chi connectivity index (χ3n) is 3.49. The zero-order valence-electron chi connectivity index (χ0n) is 11.6. The molecule has 6 heteroatoms. The van der Waals surface area contributed by atoms with E-state index in [0.717, 1.165) is 31.7 Å². The van der Waals surface area contributed by atoms with Gasteiger partial charge in [-0.15, -0.1) is 0 Å². The Morgan fingerprint density at radius 2 is 2.30 bits per heavy atom. The van der Waals surface area contributed by atoms with Crippen molar-refractivity contribution in [2.24, 2.45) is 0 Å². The van der Waals surface area contributed by atoms with Crippen molar-refractivity contribution in [1.82, 2.24) is 25.3 Å². The first-order chi connectivity index (χ1) is 9.86. The number of rotatable bonds is 6. The molecule has 2 aromatic rings. The Hall–Kier alpha value is -1.79. The van der Waals surface area contributed by atoms with E-state index in [1.54, 1.807) is 6.20 Å². The maximum absolute atomic E-state index is 5.35. The molecule has 0 unspecified atom stereocenters. The van der Waals surface area contributed by atoms with Crippen molar-refractivity contribution in [3.8, 4) is 11.5 Å². The van der Waals surface area contributed by atoms with Gasteiger partial charge in [0.2, 0.25) is 11.7 Å². The van der Waals surface area contributed by atoms with Gasteiger partial charge < -0.3 is 9.84 Å². The van der Waals surface area contributed by atoms with Crippen molar-refractivity contribution >= 4 is 0 Å². The van der Waals surface area contributed by atoms with E-state index in [1.165, 1.54) is 0 Å². The molecule has 0 aromatic carbocycles. The topological polar surface area (TPSA) is 67.1 Å². The van der Waals surface area contributed by atoms with E-state index in [1.807, 2.05) is 18.2 Å². The molecule has 1 saturated heterocycles. The smallest absolute Gasteiger partial charge is 0.241 e. The third kappa shape index (κ3) is 2.86. The first kappa shape index (κ1) is 13.2. The van der Waals surface area contributed by atoms with Crippen molar-refractivity contribution < 1.29 is 4.52 Å². The number of nitrogens with one attached hydrogen (secondary N) is 1. The quantitative estimate of drug-likeness (QED) is 0.856. The van der Waals surface area contributed by atoms with Crippen LogP contribution >= 0.6 is 0 Å². The summed E-state index contributed by atoms with van der Waals surface area (Å²) >= 11 is 0. The molecule has 0 aliphatic carbocycles. The Morgan fingerprint density at radius 3 is 2.95 bits per heavy atom. The number of hydrogen-bond donors (Lipinski definition) is 1. The highest BCUT2D eigenvalue weighted by molar-refractivity contribution is 5.46. The van der Waals surface area contributed by atoms with Gasteiger partial charge in [0.15, 0.2) is 0 Å².